The summed E-state index contributed by atoms with van der Waals surface area (Å²) in [6.45, 7) is 12.5. The van der Waals surface area contributed by atoms with Crippen molar-refractivity contribution in [2.45, 2.75) is 20.8 Å². The lowest BCUT2D eigenvalue weighted by Gasteiger charge is -2.12. The summed E-state index contributed by atoms with van der Waals surface area (Å²) >= 11 is 0. The molecule has 0 aliphatic rings. The van der Waals surface area contributed by atoms with Gasteiger partial charge < -0.3 is 20.1 Å². The van der Waals surface area contributed by atoms with Gasteiger partial charge in [0.15, 0.2) is 0 Å². The summed E-state index contributed by atoms with van der Waals surface area (Å²) in [6, 6.07) is 5.03. The molecule has 0 radical (unpaired) electrons. The normalized spacial score (nSPS) is 10.4. The Balaban J connectivity index is 2.96. The van der Waals surface area contributed by atoms with Crippen molar-refractivity contribution in [1.29, 1.82) is 0 Å². The molecule has 1 aromatic rings. The second-order valence-corrected chi connectivity index (χ2v) is 4.33. The third kappa shape index (κ3) is 5.71. The van der Waals surface area contributed by atoms with Crippen molar-refractivity contribution < 1.29 is 19.1 Å². The van der Waals surface area contributed by atoms with Crippen LogP contribution in [0, 0.1) is 6.57 Å². The van der Waals surface area contributed by atoms with Crippen LogP contribution in [0.25, 0.3) is 4.85 Å². The van der Waals surface area contributed by atoms with E-state index in [1.807, 2.05) is 6.92 Å². The highest BCUT2D eigenvalue weighted by atomic mass is 16.5. The second-order valence-electron chi connectivity index (χ2n) is 4.33. The molecule has 122 valence electrons. The van der Waals surface area contributed by atoms with E-state index in [-0.39, 0.29) is 18.2 Å². The first-order valence-electron chi connectivity index (χ1n) is 7.07. The zero-order chi connectivity index (χ0) is 17.2. The molecule has 0 unspecified atom stereocenters. The van der Waals surface area contributed by atoms with Crippen molar-refractivity contribution in [3.8, 4) is 5.75 Å². The quantitative estimate of drug-likeness (QED) is 0.459. The van der Waals surface area contributed by atoms with Crippen molar-refractivity contribution in [2.24, 2.45) is 0 Å². The number of rotatable bonds is 7. The number of carbonyl (C=O) groups is 2. The summed E-state index contributed by atoms with van der Waals surface area (Å²) in [5.41, 5.74) is 0.994. The fourth-order valence-corrected chi connectivity index (χ4v) is 1.67. The number of nitrogens with zero attached hydrogens (tertiary/aromatic N) is 1. The minimum Gasteiger partial charge on any atom is -0.492 e. The molecule has 0 saturated heterocycles. The lowest BCUT2D eigenvalue weighted by atomic mass is 10.2. The summed E-state index contributed by atoms with van der Waals surface area (Å²) in [5, 5.41) is 5.51. The molecule has 0 atom stereocenters. The zero-order valence-corrected chi connectivity index (χ0v) is 13.3. The molecule has 1 aromatic carbocycles. The van der Waals surface area contributed by atoms with Gasteiger partial charge in [-0.05, 0) is 26.0 Å². The number of ether oxygens (including phenoxy) is 2. The van der Waals surface area contributed by atoms with Crippen LogP contribution in [0.5, 0.6) is 5.75 Å². The number of esters is 1. The summed E-state index contributed by atoms with van der Waals surface area (Å²) in [6.07, 6.45) is 1.27. The Morgan fingerprint density at radius 3 is 2.61 bits per heavy atom. The highest BCUT2D eigenvalue weighted by Gasteiger charge is 2.11. The van der Waals surface area contributed by atoms with Gasteiger partial charge in [0.25, 0.3) is 5.70 Å². The van der Waals surface area contributed by atoms with Crippen LogP contribution in [0.2, 0.25) is 0 Å². The van der Waals surface area contributed by atoms with Crippen LogP contribution in [0.1, 0.15) is 20.8 Å². The molecule has 7 heteroatoms. The van der Waals surface area contributed by atoms with Crippen LogP contribution in [0.15, 0.2) is 30.1 Å². The second kappa shape index (κ2) is 9.10. The third-order valence-electron chi connectivity index (χ3n) is 2.57. The summed E-state index contributed by atoms with van der Waals surface area (Å²) in [5.74, 6) is -0.402. The van der Waals surface area contributed by atoms with E-state index >= 15 is 0 Å². The first-order valence-corrected chi connectivity index (χ1v) is 7.07. The molecule has 1 rings (SSSR count). The van der Waals surface area contributed by atoms with Crippen molar-refractivity contribution in [2.75, 3.05) is 23.8 Å². The fraction of sp³-hybridized carbons (Fsp3) is 0.312. The Morgan fingerprint density at radius 1 is 1.30 bits per heavy atom. The number of nitrogens with one attached hydrogen (secondary N) is 2. The number of benzene rings is 1. The number of anilines is 2. The smallest absolute Gasteiger partial charge is 0.337 e. The van der Waals surface area contributed by atoms with Gasteiger partial charge in [-0.2, -0.15) is 0 Å². The Labute approximate surface area is 135 Å². The maximum absolute atomic E-state index is 11.5. The van der Waals surface area contributed by atoms with Gasteiger partial charge in [-0.25, -0.2) is 4.85 Å². The fourth-order valence-electron chi connectivity index (χ4n) is 1.67. The van der Waals surface area contributed by atoms with E-state index in [1.165, 1.54) is 13.1 Å². The number of amides is 1. The van der Waals surface area contributed by atoms with Gasteiger partial charge in [-0.3, -0.25) is 9.59 Å². The van der Waals surface area contributed by atoms with E-state index in [9.17, 15) is 9.59 Å². The van der Waals surface area contributed by atoms with Gasteiger partial charge >= 0.3 is 5.97 Å². The lowest BCUT2D eigenvalue weighted by molar-refractivity contribution is -0.138. The average Bonchev–Trinajstić information content (AvgIpc) is 2.50. The number of hydrogen-bond donors (Lipinski definition) is 2. The standard InChI is InChI=1S/C16H19N3O4/c1-5-22-15-9-12(7-8-13(15)19-11(3)20)18-10-14(17-4)16(21)23-6-2/h7-10,18H,5-6H2,1-3H3,(H,19,20)/b14-10-. The van der Waals surface area contributed by atoms with Crippen molar-refractivity contribution in [3.63, 3.8) is 0 Å². The van der Waals surface area contributed by atoms with Crippen LogP contribution in [0.3, 0.4) is 0 Å². The Hall–Kier alpha value is -3.01. The minimum atomic E-state index is -0.685. The molecular formula is C16H19N3O4. The van der Waals surface area contributed by atoms with E-state index in [4.69, 9.17) is 16.0 Å². The Bertz CT molecular complexity index is 647. The molecule has 2 N–H and O–H groups in total. The molecule has 0 bridgehead atoms. The topological polar surface area (TPSA) is 81.0 Å². The van der Waals surface area contributed by atoms with Gasteiger partial charge in [-0.15, -0.1) is 0 Å². The Kier molecular flexibility index (Phi) is 7.14. The molecule has 0 aliphatic carbocycles. The maximum atomic E-state index is 11.5. The monoisotopic (exact) mass is 317 g/mol. The predicted octanol–water partition coefficient (Wildman–Crippen LogP) is 2.78. The van der Waals surface area contributed by atoms with Crippen LogP contribution in [0.4, 0.5) is 11.4 Å². The van der Waals surface area contributed by atoms with E-state index in [0.717, 1.165) is 0 Å². The van der Waals surface area contributed by atoms with E-state index < -0.39 is 5.97 Å². The van der Waals surface area contributed by atoms with Gasteiger partial charge in [-0.1, -0.05) is 0 Å². The summed E-state index contributed by atoms with van der Waals surface area (Å²) < 4.78 is 10.2. The highest BCUT2D eigenvalue weighted by molar-refractivity contribution is 5.91. The minimum absolute atomic E-state index is 0.157. The summed E-state index contributed by atoms with van der Waals surface area (Å²) in [4.78, 5) is 25.8. The van der Waals surface area contributed by atoms with Crippen LogP contribution >= 0.6 is 0 Å². The zero-order valence-electron chi connectivity index (χ0n) is 13.3. The highest BCUT2D eigenvalue weighted by Crippen LogP contribution is 2.28. The molecule has 7 nitrogen and oxygen atoms in total. The Morgan fingerprint density at radius 2 is 2.04 bits per heavy atom. The molecule has 0 aliphatic heterocycles. The number of carbonyl (C=O) groups excluding carboxylic acids is 2. The molecule has 0 aromatic heterocycles. The lowest BCUT2D eigenvalue weighted by Crippen LogP contribution is -2.08. The van der Waals surface area contributed by atoms with Crippen LogP contribution in [-0.2, 0) is 14.3 Å². The van der Waals surface area contributed by atoms with E-state index in [1.54, 1.807) is 25.1 Å². The molecule has 23 heavy (non-hydrogen) atoms. The first kappa shape index (κ1) is 18.0. The van der Waals surface area contributed by atoms with Gasteiger partial charge in [0, 0.05) is 24.9 Å². The molecule has 0 heterocycles. The van der Waals surface area contributed by atoms with Gasteiger partial charge in [0.1, 0.15) is 5.75 Å². The third-order valence-corrected chi connectivity index (χ3v) is 2.57. The van der Waals surface area contributed by atoms with Crippen molar-refractivity contribution >= 4 is 23.3 Å². The summed E-state index contributed by atoms with van der Waals surface area (Å²) in [7, 11) is 0. The van der Waals surface area contributed by atoms with Crippen LogP contribution < -0.4 is 15.4 Å². The van der Waals surface area contributed by atoms with E-state index in [2.05, 4.69) is 15.5 Å². The predicted molar refractivity (Wildman–Crippen MR) is 86.9 cm³/mol. The van der Waals surface area contributed by atoms with Crippen molar-refractivity contribution in [1.82, 2.24) is 0 Å². The molecule has 0 spiro atoms. The van der Waals surface area contributed by atoms with Gasteiger partial charge in [0.05, 0.1) is 25.5 Å². The number of hydrogen-bond acceptors (Lipinski definition) is 5. The molecule has 0 fully saturated rings. The molecular weight excluding hydrogens is 298 g/mol. The molecule has 0 saturated carbocycles. The van der Waals surface area contributed by atoms with Crippen molar-refractivity contribution in [3.05, 3.63) is 41.5 Å². The average molecular weight is 317 g/mol. The van der Waals surface area contributed by atoms with Crippen LogP contribution in [-0.4, -0.2) is 25.1 Å². The molecule has 1 amide bonds. The largest absolute Gasteiger partial charge is 0.492 e. The maximum Gasteiger partial charge on any atom is 0.337 e. The van der Waals surface area contributed by atoms with E-state index in [0.29, 0.717) is 23.7 Å². The first-order chi connectivity index (χ1) is 11.0. The SMILES string of the molecule is [C-]#[N+]/C(=C\Nc1ccc(NC(C)=O)c(OCC)c1)C(=O)OCC. The van der Waals surface area contributed by atoms with Gasteiger partial charge in [0.2, 0.25) is 5.91 Å².